The van der Waals surface area contributed by atoms with E-state index in [1.807, 2.05) is 38.2 Å². The van der Waals surface area contributed by atoms with Crippen molar-refractivity contribution in [3.63, 3.8) is 0 Å². The first kappa shape index (κ1) is 12.3. The molecule has 0 spiro atoms. The first-order valence-corrected chi connectivity index (χ1v) is 5.92. The minimum absolute atomic E-state index is 0.133. The maximum absolute atomic E-state index is 5.85. The summed E-state index contributed by atoms with van der Waals surface area (Å²) in [5.74, 6) is 0.777. The minimum Gasteiger partial charge on any atom is -0.491 e. The van der Waals surface area contributed by atoms with E-state index in [1.165, 1.54) is 0 Å². The number of nitrogen functional groups attached to an aromatic ring is 1. The zero-order chi connectivity index (χ0) is 13.0. The van der Waals surface area contributed by atoms with Gasteiger partial charge in [-0.25, -0.2) is 0 Å². The third-order valence-electron chi connectivity index (χ3n) is 2.35. The number of benzene rings is 1. The predicted molar refractivity (Wildman–Crippen MR) is 72.5 cm³/mol. The van der Waals surface area contributed by atoms with E-state index >= 15 is 0 Å². The van der Waals surface area contributed by atoms with Gasteiger partial charge in [0, 0.05) is 41.8 Å². The number of nitrogens with one attached hydrogen (secondary N) is 2. The Balaban J connectivity index is 2.05. The lowest BCUT2D eigenvalue weighted by molar-refractivity contribution is 0.242. The summed E-state index contributed by atoms with van der Waals surface area (Å²) in [6.07, 6.45) is 3.77. The summed E-state index contributed by atoms with van der Waals surface area (Å²) in [6, 6.07) is 5.65. The second-order valence-electron chi connectivity index (χ2n) is 4.42. The molecule has 0 saturated carbocycles. The molecule has 2 rings (SSSR count). The third-order valence-corrected chi connectivity index (χ3v) is 2.35. The van der Waals surface area contributed by atoms with Crippen molar-refractivity contribution in [3.05, 3.63) is 36.2 Å². The molecule has 5 nitrogen and oxygen atoms in total. The van der Waals surface area contributed by atoms with Gasteiger partial charge in [0.25, 0.3) is 0 Å². The normalized spacial score (nSPS) is 10.6. The van der Waals surface area contributed by atoms with Crippen molar-refractivity contribution in [1.82, 2.24) is 10.2 Å². The predicted octanol–water partition coefficient (Wildman–Crippen LogP) is 2.39. The van der Waals surface area contributed by atoms with E-state index in [0.29, 0.717) is 12.2 Å². The molecule has 1 aromatic carbocycles. The number of aromatic amines is 1. The molecule has 1 aromatic heterocycles. The van der Waals surface area contributed by atoms with Crippen molar-refractivity contribution in [2.75, 3.05) is 11.1 Å². The molecule has 0 saturated heterocycles. The van der Waals surface area contributed by atoms with Crippen LogP contribution in [-0.2, 0) is 6.54 Å². The number of ether oxygens (including phenoxy) is 1. The smallest absolute Gasteiger partial charge is 0.123 e. The van der Waals surface area contributed by atoms with E-state index in [1.54, 1.807) is 6.20 Å². The molecule has 4 N–H and O–H groups in total. The number of anilines is 2. The highest BCUT2D eigenvalue weighted by Crippen LogP contribution is 2.23. The highest BCUT2D eigenvalue weighted by atomic mass is 16.5. The fraction of sp³-hybridized carbons (Fsp3) is 0.308. The molecule has 0 aliphatic heterocycles. The van der Waals surface area contributed by atoms with Gasteiger partial charge >= 0.3 is 0 Å². The Morgan fingerprint density at radius 1 is 1.39 bits per heavy atom. The monoisotopic (exact) mass is 246 g/mol. The van der Waals surface area contributed by atoms with Crippen LogP contribution in [0.3, 0.4) is 0 Å². The van der Waals surface area contributed by atoms with E-state index < -0.39 is 0 Å². The number of nitrogens with two attached hydrogens (primary N) is 1. The van der Waals surface area contributed by atoms with E-state index in [2.05, 4.69) is 15.5 Å². The molecule has 0 unspecified atom stereocenters. The molecule has 18 heavy (non-hydrogen) atoms. The van der Waals surface area contributed by atoms with Crippen LogP contribution in [-0.4, -0.2) is 16.3 Å². The lowest BCUT2D eigenvalue weighted by Gasteiger charge is -2.13. The quantitative estimate of drug-likeness (QED) is 0.708. The molecule has 0 radical (unpaired) electrons. The van der Waals surface area contributed by atoms with Gasteiger partial charge in [0.15, 0.2) is 0 Å². The molecule has 0 fully saturated rings. The fourth-order valence-corrected chi connectivity index (χ4v) is 1.64. The number of H-pyrrole nitrogens is 1. The summed E-state index contributed by atoms with van der Waals surface area (Å²) in [6.45, 7) is 4.67. The molecule has 0 atom stereocenters. The van der Waals surface area contributed by atoms with Gasteiger partial charge in [-0.2, -0.15) is 5.10 Å². The number of rotatable bonds is 5. The van der Waals surface area contributed by atoms with Crippen LogP contribution in [0, 0.1) is 0 Å². The fourth-order valence-electron chi connectivity index (χ4n) is 1.64. The maximum atomic E-state index is 5.85. The molecular formula is C13H18N4O. The summed E-state index contributed by atoms with van der Waals surface area (Å²) in [7, 11) is 0. The first-order valence-electron chi connectivity index (χ1n) is 5.92. The van der Waals surface area contributed by atoms with Crippen LogP contribution in [0.2, 0.25) is 0 Å². The Morgan fingerprint density at radius 2 is 2.22 bits per heavy atom. The van der Waals surface area contributed by atoms with Crippen LogP contribution in [0.1, 0.15) is 19.4 Å². The van der Waals surface area contributed by atoms with E-state index in [0.717, 1.165) is 17.0 Å². The molecule has 0 aliphatic carbocycles. The molecular weight excluding hydrogens is 228 g/mol. The molecule has 5 heteroatoms. The minimum atomic E-state index is 0.133. The van der Waals surface area contributed by atoms with Gasteiger partial charge < -0.3 is 15.8 Å². The molecule has 0 amide bonds. The van der Waals surface area contributed by atoms with Gasteiger partial charge in [0.1, 0.15) is 5.75 Å². The standard InChI is InChI=1S/C13H18N4O/c1-9(2)18-13-4-11(14)3-12(5-13)15-6-10-7-16-17-8-10/h3-5,7-9,15H,6,14H2,1-2H3,(H,16,17). The van der Waals surface area contributed by atoms with Crippen LogP contribution in [0.25, 0.3) is 0 Å². The van der Waals surface area contributed by atoms with Gasteiger partial charge in [-0.15, -0.1) is 0 Å². The van der Waals surface area contributed by atoms with E-state index in [-0.39, 0.29) is 6.10 Å². The van der Waals surface area contributed by atoms with E-state index in [9.17, 15) is 0 Å². The largest absolute Gasteiger partial charge is 0.491 e. The lowest BCUT2D eigenvalue weighted by atomic mass is 10.2. The van der Waals surface area contributed by atoms with E-state index in [4.69, 9.17) is 10.5 Å². The Hall–Kier alpha value is -2.17. The van der Waals surface area contributed by atoms with Gasteiger partial charge in [0.05, 0.1) is 12.3 Å². The van der Waals surface area contributed by atoms with Crippen molar-refractivity contribution in [2.45, 2.75) is 26.5 Å². The number of aromatic nitrogens is 2. The average Bonchev–Trinajstić information content (AvgIpc) is 2.77. The van der Waals surface area contributed by atoms with Gasteiger partial charge in [-0.3, -0.25) is 5.10 Å². The van der Waals surface area contributed by atoms with Crippen molar-refractivity contribution in [3.8, 4) is 5.75 Å². The Kier molecular flexibility index (Phi) is 3.72. The summed E-state index contributed by atoms with van der Waals surface area (Å²) in [5, 5.41) is 9.95. The average molecular weight is 246 g/mol. The molecule has 0 aliphatic rings. The highest BCUT2D eigenvalue weighted by molar-refractivity contribution is 5.59. The number of hydrogen-bond donors (Lipinski definition) is 3. The van der Waals surface area contributed by atoms with Crippen molar-refractivity contribution in [1.29, 1.82) is 0 Å². The van der Waals surface area contributed by atoms with Crippen LogP contribution in [0.5, 0.6) is 5.75 Å². The zero-order valence-corrected chi connectivity index (χ0v) is 10.6. The Labute approximate surface area is 106 Å². The summed E-state index contributed by atoms with van der Waals surface area (Å²) in [5.41, 5.74) is 8.55. The van der Waals surface area contributed by atoms with Crippen LogP contribution in [0.4, 0.5) is 11.4 Å². The lowest BCUT2D eigenvalue weighted by Crippen LogP contribution is -2.07. The Bertz CT molecular complexity index is 494. The third kappa shape index (κ3) is 3.41. The Morgan fingerprint density at radius 3 is 2.89 bits per heavy atom. The maximum Gasteiger partial charge on any atom is 0.123 e. The molecule has 96 valence electrons. The second-order valence-corrected chi connectivity index (χ2v) is 4.42. The van der Waals surface area contributed by atoms with Gasteiger partial charge in [-0.05, 0) is 19.9 Å². The van der Waals surface area contributed by atoms with Crippen LogP contribution >= 0.6 is 0 Å². The van der Waals surface area contributed by atoms with Gasteiger partial charge in [0.2, 0.25) is 0 Å². The van der Waals surface area contributed by atoms with Crippen molar-refractivity contribution < 1.29 is 4.74 Å². The second kappa shape index (κ2) is 5.44. The molecule has 2 aromatic rings. The van der Waals surface area contributed by atoms with Crippen LogP contribution in [0.15, 0.2) is 30.6 Å². The molecule has 1 heterocycles. The number of hydrogen-bond acceptors (Lipinski definition) is 4. The van der Waals surface area contributed by atoms with Crippen molar-refractivity contribution >= 4 is 11.4 Å². The molecule has 0 bridgehead atoms. The SMILES string of the molecule is CC(C)Oc1cc(N)cc(NCc2cn[nH]c2)c1. The summed E-state index contributed by atoms with van der Waals surface area (Å²) >= 11 is 0. The zero-order valence-electron chi connectivity index (χ0n) is 10.6. The van der Waals surface area contributed by atoms with Crippen LogP contribution < -0.4 is 15.8 Å². The number of nitrogens with zero attached hydrogens (tertiary/aromatic N) is 1. The summed E-state index contributed by atoms with van der Waals surface area (Å²) < 4.78 is 5.63. The topological polar surface area (TPSA) is 76.0 Å². The van der Waals surface area contributed by atoms with Gasteiger partial charge in [-0.1, -0.05) is 0 Å². The first-order chi connectivity index (χ1) is 8.63. The van der Waals surface area contributed by atoms with Crippen molar-refractivity contribution in [2.24, 2.45) is 0 Å². The summed E-state index contributed by atoms with van der Waals surface area (Å²) in [4.78, 5) is 0. The highest BCUT2D eigenvalue weighted by Gasteiger charge is 2.02.